The van der Waals surface area contributed by atoms with Gasteiger partial charge in [-0.25, -0.2) is 9.07 Å². The molecule has 0 aliphatic heterocycles. The number of benzene rings is 2. The van der Waals surface area contributed by atoms with Crippen molar-refractivity contribution in [2.24, 2.45) is 0 Å². The Morgan fingerprint density at radius 1 is 1.12 bits per heavy atom. The van der Waals surface area contributed by atoms with Gasteiger partial charge in [0, 0.05) is 5.69 Å². The second kappa shape index (κ2) is 6.62. The highest BCUT2D eigenvalue weighted by Gasteiger charge is 2.17. The third-order valence-electron chi connectivity index (χ3n) is 3.80. The van der Waals surface area contributed by atoms with E-state index in [1.54, 1.807) is 11.6 Å². The standard InChI is InChI=1S/C18H17FN4O/c1-3-13-4-10-16(11-5-13)23-12(2)17(21-22-23)18(24)20-15-8-6-14(19)7-9-15/h4-11H,3H2,1-2H3,(H,20,24). The van der Waals surface area contributed by atoms with Crippen molar-refractivity contribution in [1.29, 1.82) is 0 Å². The van der Waals surface area contributed by atoms with Crippen molar-refractivity contribution in [3.8, 4) is 5.69 Å². The summed E-state index contributed by atoms with van der Waals surface area (Å²) < 4.78 is 14.5. The van der Waals surface area contributed by atoms with E-state index in [2.05, 4.69) is 22.6 Å². The first-order chi connectivity index (χ1) is 11.6. The molecule has 0 atom stereocenters. The largest absolute Gasteiger partial charge is 0.321 e. The van der Waals surface area contributed by atoms with E-state index >= 15 is 0 Å². The van der Waals surface area contributed by atoms with Crippen molar-refractivity contribution >= 4 is 11.6 Å². The van der Waals surface area contributed by atoms with Crippen molar-refractivity contribution in [1.82, 2.24) is 15.0 Å². The number of carbonyl (C=O) groups is 1. The number of anilines is 1. The van der Waals surface area contributed by atoms with Crippen molar-refractivity contribution in [2.45, 2.75) is 20.3 Å². The van der Waals surface area contributed by atoms with Crippen molar-refractivity contribution in [3.63, 3.8) is 0 Å². The van der Waals surface area contributed by atoms with Gasteiger partial charge in [0.05, 0.1) is 11.4 Å². The minimum absolute atomic E-state index is 0.235. The Morgan fingerprint density at radius 3 is 2.42 bits per heavy atom. The summed E-state index contributed by atoms with van der Waals surface area (Å²) in [6.45, 7) is 3.88. The molecule has 1 heterocycles. The number of hydrogen-bond acceptors (Lipinski definition) is 3. The molecule has 0 spiro atoms. The van der Waals surface area contributed by atoms with Crippen LogP contribution in [0.5, 0.6) is 0 Å². The molecule has 1 aromatic heterocycles. The normalized spacial score (nSPS) is 10.6. The van der Waals surface area contributed by atoms with E-state index in [-0.39, 0.29) is 17.4 Å². The van der Waals surface area contributed by atoms with Crippen LogP contribution in [0.4, 0.5) is 10.1 Å². The monoisotopic (exact) mass is 324 g/mol. The third-order valence-corrected chi connectivity index (χ3v) is 3.80. The Morgan fingerprint density at radius 2 is 1.79 bits per heavy atom. The van der Waals surface area contributed by atoms with Gasteiger partial charge in [0.25, 0.3) is 5.91 Å². The van der Waals surface area contributed by atoms with E-state index in [1.807, 2.05) is 24.3 Å². The molecule has 1 amide bonds. The first-order valence-electron chi connectivity index (χ1n) is 7.67. The summed E-state index contributed by atoms with van der Waals surface area (Å²) in [7, 11) is 0. The summed E-state index contributed by atoms with van der Waals surface area (Å²) in [5.41, 5.74) is 3.45. The molecule has 122 valence electrons. The fourth-order valence-electron chi connectivity index (χ4n) is 2.38. The first kappa shape index (κ1) is 15.9. The van der Waals surface area contributed by atoms with E-state index < -0.39 is 0 Å². The number of hydrogen-bond donors (Lipinski definition) is 1. The third kappa shape index (κ3) is 3.17. The summed E-state index contributed by atoms with van der Waals surface area (Å²) >= 11 is 0. The SMILES string of the molecule is CCc1ccc(-n2nnc(C(=O)Nc3ccc(F)cc3)c2C)cc1. The van der Waals surface area contributed by atoms with Crippen molar-refractivity contribution in [3.05, 3.63) is 71.3 Å². The van der Waals surface area contributed by atoms with Crippen molar-refractivity contribution < 1.29 is 9.18 Å². The Balaban J connectivity index is 1.83. The zero-order valence-corrected chi connectivity index (χ0v) is 13.5. The highest BCUT2D eigenvalue weighted by atomic mass is 19.1. The number of carbonyl (C=O) groups excluding carboxylic acids is 1. The van der Waals surface area contributed by atoms with E-state index in [0.29, 0.717) is 11.4 Å². The van der Waals surface area contributed by atoms with Crippen LogP contribution >= 0.6 is 0 Å². The number of aryl methyl sites for hydroxylation is 1. The molecular formula is C18H17FN4O. The summed E-state index contributed by atoms with van der Waals surface area (Å²) in [5.74, 6) is -0.735. The molecule has 0 radical (unpaired) electrons. The number of rotatable bonds is 4. The molecule has 24 heavy (non-hydrogen) atoms. The smallest absolute Gasteiger partial charge is 0.278 e. The number of nitrogens with zero attached hydrogens (tertiary/aromatic N) is 3. The highest BCUT2D eigenvalue weighted by Crippen LogP contribution is 2.15. The quantitative estimate of drug-likeness (QED) is 0.798. The van der Waals surface area contributed by atoms with E-state index in [4.69, 9.17) is 0 Å². The fraction of sp³-hybridized carbons (Fsp3) is 0.167. The lowest BCUT2D eigenvalue weighted by atomic mass is 10.1. The molecule has 3 aromatic rings. The van der Waals surface area contributed by atoms with Crippen LogP contribution in [0.3, 0.4) is 0 Å². The molecule has 0 saturated heterocycles. The molecule has 0 fully saturated rings. The summed E-state index contributed by atoms with van der Waals surface area (Å²) in [6.07, 6.45) is 0.960. The lowest BCUT2D eigenvalue weighted by molar-refractivity contribution is 0.102. The van der Waals surface area contributed by atoms with Gasteiger partial charge >= 0.3 is 0 Å². The predicted molar refractivity (Wildman–Crippen MR) is 89.8 cm³/mol. The maximum Gasteiger partial charge on any atom is 0.278 e. The Labute approximate surface area is 139 Å². The Hall–Kier alpha value is -3.02. The molecule has 0 aliphatic carbocycles. The van der Waals surface area contributed by atoms with E-state index in [0.717, 1.165) is 12.1 Å². The van der Waals surface area contributed by atoms with Gasteiger partial charge in [-0.3, -0.25) is 4.79 Å². The topological polar surface area (TPSA) is 59.8 Å². The zero-order chi connectivity index (χ0) is 17.1. The molecule has 0 aliphatic rings. The lowest BCUT2D eigenvalue weighted by Crippen LogP contribution is -2.14. The van der Waals surface area contributed by atoms with Gasteiger partial charge in [-0.15, -0.1) is 5.10 Å². The average molecular weight is 324 g/mol. The number of aromatic nitrogens is 3. The summed E-state index contributed by atoms with van der Waals surface area (Å²) in [6, 6.07) is 13.5. The van der Waals surface area contributed by atoms with Crippen LogP contribution in [-0.2, 0) is 6.42 Å². The van der Waals surface area contributed by atoms with Gasteiger partial charge in [0.15, 0.2) is 5.69 Å². The van der Waals surface area contributed by atoms with Crippen LogP contribution in [0, 0.1) is 12.7 Å². The Kier molecular flexibility index (Phi) is 4.37. The number of nitrogens with one attached hydrogen (secondary N) is 1. The average Bonchev–Trinajstić information content (AvgIpc) is 2.98. The minimum atomic E-state index is -0.379. The molecule has 0 unspecified atom stereocenters. The molecule has 3 rings (SSSR count). The van der Waals surface area contributed by atoms with Crippen LogP contribution in [0.2, 0.25) is 0 Å². The number of halogens is 1. The van der Waals surface area contributed by atoms with Gasteiger partial charge in [0.2, 0.25) is 0 Å². The predicted octanol–water partition coefficient (Wildman–Crippen LogP) is 3.53. The molecule has 2 aromatic carbocycles. The maximum absolute atomic E-state index is 12.9. The molecule has 5 nitrogen and oxygen atoms in total. The van der Waals surface area contributed by atoms with Gasteiger partial charge < -0.3 is 5.32 Å². The fourth-order valence-corrected chi connectivity index (χ4v) is 2.38. The molecule has 6 heteroatoms. The molecule has 0 bridgehead atoms. The van der Waals surface area contributed by atoms with Crippen LogP contribution < -0.4 is 5.32 Å². The van der Waals surface area contributed by atoms with Gasteiger partial charge in [-0.1, -0.05) is 24.3 Å². The second-order valence-corrected chi connectivity index (χ2v) is 5.42. The lowest BCUT2D eigenvalue weighted by Gasteiger charge is -2.06. The number of amides is 1. The zero-order valence-electron chi connectivity index (χ0n) is 13.5. The van der Waals surface area contributed by atoms with Gasteiger partial charge in [-0.2, -0.15) is 0 Å². The van der Waals surface area contributed by atoms with Crippen molar-refractivity contribution in [2.75, 3.05) is 5.32 Å². The van der Waals surface area contributed by atoms with E-state index in [9.17, 15) is 9.18 Å². The van der Waals surface area contributed by atoms with Crippen LogP contribution in [-0.4, -0.2) is 20.9 Å². The Bertz CT molecular complexity index is 854. The van der Waals surface area contributed by atoms with Gasteiger partial charge in [-0.05, 0) is 55.3 Å². The van der Waals surface area contributed by atoms with Crippen LogP contribution in [0.25, 0.3) is 5.69 Å². The minimum Gasteiger partial charge on any atom is -0.321 e. The van der Waals surface area contributed by atoms with Crippen LogP contribution in [0.15, 0.2) is 48.5 Å². The van der Waals surface area contributed by atoms with Crippen LogP contribution in [0.1, 0.15) is 28.7 Å². The summed E-state index contributed by atoms with van der Waals surface area (Å²) in [5, 5.41) is 10.7. The summed E-state index contributed by atoms with van der Waals surface area (Å²) in [4.78, 5) is 12.3. The molecule has 1 N–H and O–H groups in total. The second-order valence-electron chi connectivity index (χ2n) is 5.42. The van der Waals surface area contributed by atoms with E-state index in [1.165, 1.54) is 29.8 Å². The molecule has 0 saturated carbocycles. The highest BCUT2D eigenvalue weighted by molar-refractivity contribution is 6.03. The first-order valence-corrected chi connectivity index (χ1v) is 7.67. The van der Waals surface area contributed by atoms with Gasteiger partial charge in [0.1, 0.15) is 5.82 Å². The molecular weight excluding hydrogens is 307 g/mol. The maximum atomic E-state index is 12.9.